The maximum absolute atomic E-state index is 4.39. The molecule has 1 N–H and O–H groups in total. The highest BCUT2D eigenvalue weighted by Crippen LogP contribution is 2.24. The Morgan fingerprint density at radius 3 is 3.00 bits per heavy atom. The molecule has 2 aromatic rings. The first-order valence-electron chi connectivity index (χ1n) is 3.98. The minimum absolute atomic E-state index is 0.907. The van der Waals surface area contributed by atoms with Gasteiger partial charge in [-0.15, -0.1) is 22.7 Å². The summed E-state index contributed by atoms with van der Waals surface area (Å²) in [6, 6.07) is 0. The number of nitrogens with one attached hydrogen (secondary N) is 1. The minimum Gasteiger partial charge on any atom is -0.362 e. The molecule has 0 saturated carbocycles. The lowest BCUT2D eigenvalue weighted by molar-refractivity contribution is 1.19. The molecule has 2 aromatic heterocycles. The third-order valence-corrected chi connectivity index (χ3v) is 2.91. The van der Waals surface area contributed by atoms with E-state index in [0.717, 1.165) is 23.1 Å². The smallest absolute Gasteiger partial charge is 0.183 e. The van der Waals surface area contributed by atoms with Crippen molar-refractivity contribution < 1.29 is 0 Å². The normalized spacial score (nSPS) is 10.2. The topological polar surface area (TPSA) is 37.8 Å². The zero-order valence-electron chi connectivity index (χ0n) is 7.15. The third kappa shape index (κ3) is 1.87. The lowest BCUT2D eigenvalue weighted by Crippen LogP contribution is -1.94. The van der Waals surface area contributed by atoms with Gasteiger partial charge in [0.05, 0.1) is 5.51 Å². The van der Waals surface area contributed by atoms with E-state index in [1.54, 1.807) is 22.7 Å². The van der Waals surface area contributed by atoms with E-state index in [2.05, 4.69) is 22.2 Å². The van der Waals surface area contributed by atoms with Gasteiger partial charge in [-0.1, -0.05) is 0 Å². The zero-order chi connectivity index (χ0) is 9.10. The standard InChI is InChI=1S/C8H9N3S2/c1-2-9-8-11-7(4-13-8)6-3-12-5-10-6/h3-5H,2H2,1H3,(H,9,11). The van der Waals surface area contributed by atoms with Gasteiger partial charge in [-0.2, -0.15) is 0 Å². The van der Waals surface area contributed by atoms with Crippen molar-refractivity contribution in [3.05, 3.63) is 16.3 Å². The Hall–Kier alpha value is -0.940. The molecule has 68 valence electrons. The van der Waals surface area contributed by atoms with Crippen LogP contribution in [-0.2, 0) is 0 Å². The van der Waals surface area contributed by atoms with Gasteiger partial charge in [-0.3, -0.25) is 0 Å². The maximum atomic E-state index is 4.39. The van der Waals surface area contributed by atoms with E-state index in [1.807, 2.05) is 16.3 Å². The van der Waals surface area contributed by atoms with E-state index < -0.39 is 0 Å². The molecule has 0 atom stereocenters. The highest BCUT2D eigenvalue weighted by molar-refractivity contribution is 7.14. The highest BCUT2D eigenvalue weighted by atomic mass is 32.1. The summed E-state index contributed by atoms with van der Waals surface area (Å²) in [7, 11) is 0. The van der Waals surface area contributed by atoms with Crippen LogP contribution in [0.5, 0.6) is 0 Å². The molecule has 0 unspecified atom stereocenters. The Kier molecular flexibility index (Phi) is 2.56. The fourth-order valence-electron chi connectivity index (χ4n) is 0.963. The zero-order valence-corrected chi connectivity index (χ0v) is 8.78. The fraction of sp³-hybridized carbons (Fsp3) is 0.250. The summed E-state index contributed by atoms with van der Waals surface area (Å²) in [6.07, 6.45) is 0. The molecule has 5 heteroatoms. The molecule has 0 fully saturated rings. The summed E-state index contributed by atoms with van der Waals surface area (Å²) >= 11 is 3.20. The Morgan fingerprint density at radius 2 is 2.31 bits per heavy atom. The molecule has 0 aliphatic heterocycles. The predicted molar refractivity (Wildman–Crippen MR) is 57.4 cm³/mol. The van der Waals surface area contributed by atoms with E-state index in [9.17, 15) is 0 Å². The van der Waals surface area contributed by atoms with Crippen molar-refractivity contribution in [3.8, 4) is 11.4 Å². The van der Waals surface area contributed by atoms with Crippen molar-refractivity contribution in [1.29, 1.82) is 0 Å². The monoisotopic (exact) mass is 211 g/mol. The molecule has 0 saturated heterocycles. The second kappa shape index (κ2) is 3.85. The van der Waals surface area contributed by atoms with Crippen LogP contribution >= 0.6 is 22.7 Å². The summed E-state index contributed by atoms with van der Waals surface area (Å²) in [6.45, 7) is 2.97. The van der Waals surface area contributed by atoms with Crippen LogP contribution in [0.3, 0.4) is 0 Å². The van der Waals surface area contributed by atoms with Crippen LogP contribution in [0.25, 0.3) is 11.4 Å². The quantitative estimate of drug-likeness (QED) is 0.848. The van der Waals surface area contributed by atoms with Crippen LogP contribution in [0.15, 0.2) is 16.3 Å². The molecule has 0 aliphatic rings. The third-order valence-electron chi connectivity index (χ3n) is 1.53. The minimum atomic E-state index is 0.907. The Balaban J connectivity index is 2.23. The van der Waals surface area contributed by atoms with Crippen molar-refractivity contribution >= 4 is 27.8 Å². The number of hydrogen-bond acceptors (Lipinski definition) is 5. The average molecular weight is 211 g/mol. The Bertz CT molecular complexity index is 366. The average Bonchev–Trinajstić information content (AvgIpc) is 2.70. The van der Waals surface area contributed by atoms with Gasteiger partial charge in [0, 0.05) is 17.3 Å². The summed E-state index contributed by atoms with van der Waals surface area (Å²) in [5.41, 5.74) is 3.74. The van der Waals surface area contributed by atoms with E-state index >= 15 is 0 Å². The molecule has 0 spiro atoms. The van der Waals surface area contributed by atoms with E-state index in [-0.39, 0.29) is 0 Å². The first kappa shape index (κ1) is 8.65. The van der Waals surface area contributed by atoms with Crippen LogP contribution in [0, 0.1) is 0 Å². The first-order chi connectivity index (χ1) is 6.40. The second-order valence-corrected chi connectivity index (χ2v) is 4.02. The van der Waals surface area contributed by atoms with Crippen LogP contribution < -0.4 is 5.32 Å². The molecule has 0 aliphatic carbocycles. The SMILES string of the molecule is CCNc1nc(-c2cscn2)cs1. The molecular weight excluding hydrogens is 202 g/mol. The van der Waals surface area contributed by atoms with Crippen molar-refractivity contribution in [2.45, 2.75) is 6.92 Å². The second-order valence-electron chi connectivity index (χ2n) is 2.44. The van der Waals surface area contributed by atoms with Crippen LogP contribution in [-0.4, -0.2) is 16.5 Å². The number of anilines is 1. The van der Waals surface area contributed by atoms with E-state index in [4.69, 9.17) is 0 Å². The molecule has 2 heterocycles. The van der Waals surface area contributed by atoms with Crippen molar-refractivity contribution in [2.24, 2.45) is 0 Å². The summed E-state index contributed by atoms with van der Waals surface area (Å²) < 4.78 is 0. The Labute approximate surface area is 84.5 Å². The molecule has 0 bridgehead atoms. The van der Waals surface area contributed by atoms with Gasteiger partial charge in [-0.25, -0.2) is 9.97 Å². The van der Waals surface area contributed by atoms with Crippen molar-refractivity contribution in [3.63, 3.8) is 0 Å². The molecule has 0 radical (unpaired) electrons. The van der Waals surface area contributed by atoms with Gasteiger partial charge in [-0.05, 0) is 6.92 Å². The van der Waals surface area contributed by atoms with Crippen LogP contribution in [0.4, 0.5) is 5.13 Å². The first-order valence-corrected chi connectivity index (χ1v) is 5.80. The lowest BCUT2D eigenvalue weighted by atomic mass is 10.4. The number of rotatable bonds is 3. The predicted octanol–water partition coefficient (Wildman–Crippen LogP) is 2.70. The molecular formula is C8H9N3S2. The van der Waals surface area contributed by atoms with Gasteiger partial charge < -0.3 is 5.32 Å². The van der Waals surface area contributed by atoms with Crippen LogP contribution in [0.1, 0.15) is 6.92 Å². The van der Waals surface area contributed by atoms with Crippen LogP contribution in [0.2, 0.25) is 0 Å². The highest BCUT2D eigenvalue weighted by Gasteiger charge is 2.04. The maximum Gasteiger partial charge on any atom is 0.183 e. The molecule has 0 aromatic carbocycles. The lowest BCUT2D eigenvalue weighted by Gasteiger charge is -1.93. The van der Waals surface area contributed by atoms with Gasteiger partial charge >= 0.3 is 0 Å². The molecule has 3 nitrogen and oxygen atoms in total. The summed E-state index contributed by atoms with van der Waals surface area (Å²) in [5.74, 6) is 0. The number of nitrogens with zero attached hydrogens (tertiary/aromatic N) is 2. The Morgan fingerprint density at radius 1 is 1.38 bits per heavy atom. The summed E-state index contributed by atoms with van der Waals surface area (Å²) in [4.78, 5) is 8.59. The molecule has 2 rings (SSSR count). The van der Waals surface area contributed by atoms with Gasteiger partial charge in [0.25, 0.3) is 0 Å². The number of aromatic nitrogens is 2. The van der Waals surface area contributed by atoms with Crippen molar-refractivity contribution in [2.75, 3.05) is 11.9 Å². The van der Waals surface area contributed by atoms with Gasteiger partial charge in [0.2, 0.25) is 0 Å². The molecule has 0 amide bonds. The van der Waals surface area contributed by atoms with Gasteiger partial charge in [0.15, 0.2) is 5.13 Å². The molecule has 13 heavy (non-hydrogen) atoms. The fourth-order valence-corrected chi connectivity index (χ4v) is 2.28. The number of hydrogen-bond donors (Lipinski definition) is 1. The van der Waals surface area contributed by atoms with Crippen molar-refractivity contribution in [1.82, 2.24) is 9.97 Å². The summed E-state index contributed by atoms with van der Waals surface area (Å²) in [5, 5.41) is 8.16. The van der Waals surface area contributed by atoms with E-state index in [1.165, 1.54) is 0 Å². The largest absolute Gasteiger partial charge is 0.362 e. The number of thiazole rings is 2. The van der Waals surface area contributed by atoms with Gasteiger partial charge in [0.1, 0.15) is 11.4 Å². The van der Waals surface area contributed by atoms with E-state index in [0.29, 0.717) is 0 Å².